The van der Waals surface area contributed by atoms with Crippen LogP contribution in [0.2, 0.25) is 0 Å². The smallest absolute Gasteiger partial charge is 0.330 e. The van der Waals surface area contributed by atoms with E-state index in [1.807, 2.05) is 62.4 Å². The molecule has 0 spiro atoms. The van der Waals surface area contributed by atoms with Gasteiger partial charge in [0, 0.05) is 27.1 Å². The predicted octanol–water partition coefficient (Wildman–Crippen LogP) is 6.69. The zero-order chi connectivity index (χ0) is 25.5. The number of benzene rings is 3. The number of esters is 2. The molecule has 182 valence electrons. The lowest BCUT2D eigenvalue weighted by Crippen LogP contribution is -2.40. The van der Waals surface area contributed by atoms with E-state index in [0.29, 0.717) is 39.1 Å². The zero-order valence-corrected chi connectivity index (χ0v) is 21.6. The van der Waals surface area contributed by atoms with Gasteiger partial charge in [0.2, 0.25) is 0 Å². The lowest BCUT2D eigenvalue weighted by Gasteiger charge is -2.24. The van der Waals surface area contributed by atoms with Crippen LogP contribution in [0.3, 0.4) is 0 Å². The van der Waals surface area contributed by atoms with E-state index in [1.165, 1.54) is 0 Å². The fourth-order valence-electron chi connectivity index (χ4n) is 5.70. The SMILES string of the molecule is CC/C(Br)=C(\OC(=O)C12C(=O)Oc3ccccc3C1C2(CC)C(=O)c1ccccc1)c1ccccc1. The Kier molecular flexibility index (Phi) is 6.17. The minimum Gasteiger partial charge on any atom is -0.425 e. The van der Waals surface area contributed by atoms with E-state index in [9.17, 15) is 14.4 Å². The first-order valence-electron chi connectivity index (χ1n) is 12.0. The Labute approximate surface area is 218 Å². The largest absolute Gasteiger partial charge is 0.425 e. The third-order valence-electron chi connectivity index (χ3n) is 7.41. The van der Waals surface area contributed by atoms with Crippen LogP contribution in [0.5, 0.6) is 5.75 Å². The average molecular weight is 545 g/mol. The maximum absolute atomic E-state index is 14.2. The average Bonchev–Trinajstić information content (AvgIpc) is 3.58. The first-order chi connectivity index (χ1) is 17.4. The van der Waals surface area contributed by atoms with Gasteiger partial charge in [0.1, 0.15) is 11.5 Å². The first-order valence-corrected chi connectivity index (χ1v) is 12.8. The predicted molar refractivity (Wildman–Crippen MR) is 139 cm³/mol. The van der Waals surface area contributed by atoms with Crippen molar-refractivity contribution in [1.29, 1.82) is 0 Å². The molecule has 0 radical (unpaired) electrons. The fraction of sp³-hybridized carbons (Fsp3) is 0.233. The van der Waals surface area contributed by atoms with Crippen molar-refractivity contribution in [1.82, 2.24) is 0 Å². The minimum absolute atomic E-state index is 0.263. The van der Waals surface area contributed by atoms with Gasteiger partial charge in [-0.05, 0) is 18.9 Å². The molecule has 3 unspecified atom stereocenters. The number of rotatable bonds is 7. The molecule has 1 aliphatic carbocycles. The highest BCUT2D eigenvalue weighted by Crippen LogP contribution is 2.80. The quantitative estimate of drug-likeness (QED) is 0.109. The molecule has 1 heterocycles. The normalized spacial score (nSPS) is 24.5. The van der Waals surface area contributed by atoms with Crippen LogP contribution in [0.25, 0.3) is 5.76 Å². The van der Waals surface area contributed by atoms with Gasteiger partial charge in [-0.25, -0.2) is 0 Å². The number of carbonyl (C=O) groups is 3. The molecule has 3 aromatic rings. The van der Waals surface area contributed by atoms with Crippen molar-refractivity contribution >= 4 is 39.4 Å². The summed E-state index contributed by atoms with van der Waals surface area (Å²) in [5.74, 6) is -1.77. The van der Waals surface area contributed by atoms with E-state index in [-0.39, 0.29) is 12.2 Å². The molecule has 6 heteroatoms. The number of para-hydroxylation sites is 1. The van der Waals surface area contributed by atoms with Crippen molar-refractivity contribution < 1.29 is 23.9 Å². The van der Waals surface area contributed by atoms with Gasteiger partial charge in [-0.3, -0.25) is 14.4 Å². The first kappa shape index (κ1) is 24.2. The summed E-state index contributed by atoms with van der Waals surface area (Å²) in [6.45, 7) is 3.76. The number of carbonyl (C=O) groups excluding carboxylic acids is 3. The Morgan fingerprint density at radius 1 is 0.889 bits per heavy atom. The van der Waals surface area contributed by atoms with Crippen molar-refractivity contribution in [3.8, 4) is 5.75 Å². The number of hydrogen-bond donors (Lipinski definition) is 0. The molecule has 36 heavy (non-hydrogen) atoms. The summed E-state index contributed by atoms with van der Waals surface area (Å²) in [5.41, 5.74) is -1.31. The Morgan fingerprint density at radius 2 is 1.47 bits per heavy atom. The van der Waals surface area contributed by atoms with Gasteiger partial charge in [-0.15, -0.1) is 0 Å². The zero-order valence-electron chi connectivity index (χ0n) is 20.0. The third-order valence-corrected chi connectivity index (χ3v) is 8.33. The lowest BCUT2D eigenvalue weighted by atomic mass is 9.83. The second kappa shape index (κ2) is 9.17. The topological polar surface area (TPSA) is 69.7 Å². The van der Waals surface area contributed by atoms with E-state index in [1.54, 1.807) is 36.4 Å². The molecule has 2 aliphatic rings. The molecular formula is C30H25BrO5. The van der Waals surface area contributed by atoms with Crippen LogP contribution in [0.4, 0.5) is 0 Å². The number of Topliss-reactive ketones (excluding diaryl/α,β-unsaturated/α-hetero) is 1. The molecule has 0 amide bonds. The van der Waals surface area contributed by atoms with Gasteiger partial charge in [0.15, 0.2) is 11.2 Å². The van der Waals surface area contributed by atoms with Crippen molar-refractivity contribution in [2.24, 2.45) is 10.8 Å². The molecule has 1 fully saturated rings. The van der Waals surface area contributed by atoms with Crippen molar-refractivity contribution in [3.63, 3.8) is 0 Å². The molecule has 0 bridgehead atoms. The van der Waals surface area contributed by atoms with Crippen molar-refractivity contribution in [2.75, 3.05) is 0 Å². The van der Waals surface area contributed by atoms with Crippen LogP contribution in [0.1, 0.15) is 54.1 Å². The highest BCUT2D eigenvalue weighted by molar-refractivity contribution is 9.11. The van der Waals surface area contributed by atoms with Crippen LogP contribution in [0.15, 0.2) is 89.4 Å². The maximum atomic E-state index is 14.2. The molecule has 0 N–H and O–H groups in total. The number of ether oxygens (including phenoxy) is 2. The van der Waals surface area contributed by atoms with E-state index in [4.69, 9.17) is 9.47 Å². The van der Waals surface area contributed by atoms with Crippen LogP contribution < -0.4 is 4.74 Å². The molecule has 5 nitrogen and oxygen atoms in total. The molecule has 5 rings (SSSR count). The highest BCUT2D eigenvalue weighted by Gasteiger charge is 2.90. The van der Waals surface area contributed by atoms with E-state index < -0.39 is 28.7 Å². The lowest BCUT2D eigenvalue weighted by molar-refractivity contribution is -0.158. The molecule has 1 aliphatic heterocycles. The minimum atomic E-state index is -1.79. The van der Waals surface area contributed by atoms with Gasteiger partial charge in [0.25, 0.3) is 0 Å². The molecular weight excluding hydrogens is 520 g/mol. The van der Waals surface area contributed by atoms with E-state index in [2.05, 4.69) is 15.9 Å². The number of hydrogen-bond acceptors (Lipinski definition) is 5. The van der Waals surface area contributed by atoms with E-state index in [0.717, 1.165) is 0 Å². The molecule has 0 aromatic heterocycles. The summed E-state index contributed by atoms with van der Waals surface area (Å²) in [6, 6.07) is 25.1. The Bertz CT molecular complexity index is 1380. The van der Waals surface area contributed by atoms with Gasteiger partial charge >= 0.3 is 11.9 Å². The monoisotopic (exact) mass is 544 g/mol. The van der Waals surface area contributed by atoms with Gasteiger partial charge in [-0.1, -0.05) is 109 Å². The molecule has 1 saturated carbocycles. The summed E-state index contributed by atoms with van der Waals surface area (Å²) in [4.78, 5) is 42.0. The third kappa shape index (κ3) is 3.31. The second-order valence-electron chi connectivity index (χ2n) is 9.03. The summed E-state index contributed by atoms with van der Waals surface area (Å²) in [5, 5.41) is 0. The number of ketones is 1. The van der Waals surface area contributed by atoms with Crippen LogP contribution in [0, 0.1) is 10.8 Å². The van der Waals surface area contributed by atoms with Crippen molar-refractivity contribution in [2.45, 2.75) is 32.6 Å². The van der Waals surface area contributed by atoms with Crippen LogP contribution in [-0.4, -0.2) is 17.7 Å². The molecule has 0 saturated heterocycles. The Morgan fingerprint density at radius 3 is 2.08 bits per heavy atom. The van der Waals surface area contributed by atoms with Gasteiger partial charge < -0.3 is 9.47 Å². The molecule has 3 aromatic carbocycles. The van der Waals surface area contributed by atoms with Crippen LogP contribution >= 0.6 is 15.9 Å². The van der Waals surface area contributed by atoms with Crippen molar-refractivity contribution in [3.05, 3.63) is 106 Å². The summed E-state index contributed by atoms with van der Waals surface area (Å²) in [6.07, 6.45) is 0.840. The Hall–Kier alpha value is -3.51. The summed E-state index contributed by atoms with van der Waals surface area (Å²) in [7, 11) is 0. The molecule has 3 atom stereocenters. The standard InChI is InChI=1S/C30H25BrO5/c1-3-22(31)24(19-13-7-5-8-14-19)36-28(34)30-25(21-17-11-12-18-23(21)35-27(30)33)29(30,4-2)26(32)20-15-9-6-10-16-20/h5-18,25H,3-4H2,1-2H3/b24-22+. The Balaban J connectivity index is 1.67. The summed E-state index contributed by atoms with van der Waals surface area (Å²) < 4.78 is 12.4. The summed E-state index contributed by atoms with van der Waals surface area (Å²) >= 11 is 3.54. The second-order valence-corrected chi connectivity index (χ2v) is 9.99. The van der Waals surface area contributed by atoms with Gasteiger partial charge in [-0.2, -0.15) is 0 Å². The maximum Gasteiger partial charge on any atom is 0.330 e. The van der Waals surface area contributed by atoms with E-state index >= 15 is 0 Å². The number of allylic oxidation sites excluding steroid dienone is 1. The fourth-order valence-corrected chi connectivity index (χ4v) is 6.01. The van der Waals surface area contributed by atoms with Crippen LogP contribution in [-0.2, 0) is 14.3 Å². The highest BCUT2D eigenvalue weighted by atomic mass is 79.9. The number of halogens is 1. The number of fused-ring (bicyclic) bond motifs is 3. The van der Waals surface area contributed by atoms with Gasteiger partial charge in [0.05, 0.1) is 5.41 Å².